The number of primary amides is 1. The van der Waals surface area contributed by atoms with Gasteiger partial charge in [0.2, 0.25) is 5.91 Å². The number of carbonyl (C=O) groups is 2. The summed E-state index contributed by atoms with van der Waals surface area (Å²) in [5.74, 6) is -0.641. The maximum Gasteiger partial charge on any atom is 0.253 e. The summed E-state index contributed by atoms with van der Waals surface area (Å²) in [6, 6.07) is 12.7. The molecule has 1 heterocycles. The normalized spacial score (nSPS) is 15.6. The van der Waals surface area contributed by atoms with Crippen LogP contribution in [0.25, 0.3) is 0 Å². The average Bonchev–Trinajstić information content (AvgIpc) is 2.79. The first kappa shape index (κ1) is 23.6. The van der Waals surface area contributed by atoms with Gasteiger partial charge in [0.1, 0.15) is 5.75 Å². The molecule has 1 aliphatic rings. The van der Waals surface area contributed by atoms with Crippen LogP contribution in [0.4, 0.5) is 5.69 Å². The second kappa shape index (κ2) is 10.0. The molecule has 10 heteroatoms. The van der Waals surface area contributed by atoms with Crippen LogP contribution in [0.5, 0.6) is 5.75 Å². The molecule has 1 aliphatic heterocycles. The number of nitrogens with one attached hydrogen (secondary N) is 1. The highest BCUT2D eigenvalue weighted by Crippen LogP contribution is 2.35. The first-order chi connectivity index (χ1) is 15.3. The summed E-state index contributed by atoms with van der Waals surface area (Å²) < 4.78 is 35.4. The lowest BCUT2D eigenvalue weighted by Gasteiger charge is -2.33. The zero-order chi connectivity index (χ0) is 23.2. The van der Waals surface area contributed by atoms with Crippen molar-refractivity contribution in [3.05, 3.63) is 54.1 Å². The van der Waals surface area contributed by atoms with E-state index in [-0.39, 0.29) is 36.9 Å². The lowest BCUT2D eigenvalue weighted by atomic mass is 9.98. The fourth-order valence-corrected chi connectivity index (χ4v) is 5.47. The Morgan fingerprint density at radius 3 is 2.34 bits per heavy atom. The first-order valence-electron chi connectivity index (χ1n) is 10.3. The zero-order valence-electron chi connectivity index (χ0n) is 17.6. The molecule has 2 amide bonds. The summed E-state index contributed by atoms with van der Waals surface area (Å²) in [6.45, 7) is 1.04. The number of carbonyl (C=O) groups excluding carboxylic acids is 2. The van der Waals surface area contributed by atoms with Gasteiger partial charge in [-0.05, 0) is 55.7 Å². The van der Waals surface area contributed by atoms with Gasteiger partial charge in [-0.3, -0.25) is 9.59 Å². The fraction of sp³-hybridized carbons (Fsp3) is 0.364. The summed E-state index contributed by atoms with van der Waals surface area (Å²) in [4.78, 5) is 24.2. The Bertz CT molecular complexity index is 1060. The van der Waals surface area contributed by atoms with Gasteiger partial charge in [0.25, 0.3) is 5.91 Å². The third-order valence-corrected chi connectivity index (χ3v) is 8.01. The Hall–Kier alpha value is -3.11. The number of rotatable bonds is 9. The molecule has 1 fully saturated rings. The Kier molecular flexibility index (Phi) is 7.37. The third-order valence-electron chi connectivity index (χ3n) is 5.48. The average molecular weight is 462 g/mol. The molecule has 0 atom stereocenters. The Morgan fingerprint density at radius 2 is 1.72 bits per heavy atom. The first-order valence-corrected chi connectivity index (χ1v) is 11.7. The Morgan fingerprint density at radius 1 is 1.06 bits per heavy atom. The standard InChI is InChI=1S/C22H27N3O6S/c23-19-5-2-1-4-18(19)20(26)25-12-3-13-31-16-6-8-17(9-7-16)32(28,29)22(21(24)27)10-14-30-15-11-22/h1-2,4-9H,3,10-15,23H2,(H2,24,27)(H,25,26). The van der Waals surface area contributed by atoms with Gasteiger partial charge in [-0.1, -0.05) is 12.1 Å². The Labute approximate surface area is 187 Å². The highest BCUT2D eigenvalue weighted by atomic mass is 32.2. The summed E-state index contributed by atoms with van der Waals surface area (Å²) in [6.07, 6.45) is 0.607. The van der Waals surface area contributed by atoms with E-state index >= 15 is 0 Å². The molecule has 172 valence electrons. The van der Waals surface area contributed by atoms with Gasteiger partial charge >= 0.3 is 0 Å². The van der Waals surface area contributed by atoms with Crippen LogP contribution in [-0.2, 0) is 19.4 Å². The van der Waals surface area contributed by atoms with Gasteiger partial charge in [-0.15, -0.1) is 0 Å². The van der Waals surface area contributed by atoms with Crippen LogP contribution in [0.3, 0.4) is 0 Å². The third kappa shape index (κ3) is 4.86. The molecule has 5 N–H and O–H groups in total. The summed E-state index contributed by atoms with van der Waals surface area (Å²) in [5.41, 5.74) is 12.1. The number of hydrogen-bond donors (Lipinski definition) is 3. The molecule has 2 aromatic rings. The minimum Gasteiger partial charge on any atom is -0.494 e. The molecule has 9 nitrogen and oxygen atoms in total. The van der Waals surface area contributed by atoms with Crippen molar-refractivity contribution in [3.8, 4) is 5.75 Å². The fourth-order valence-electron chi connectivity index (χ4n) is 3.55. The molecule has 32 heavy (non-hydrogen) atoms. The topological polar surface area (TPSA) is 151 Å². The lowest BCUT2D eigenvalue weighted by Crippen LogP contribution is -2.53. The van der Waals surface area contributed by atoms with Gasteiger partial charge in [0, 0.05) is 25.4 Å². The van der Waals surface area contributed by atoms with Crippen molar-refractivity contribution in [1.82, 2.24) is 5.32 Å². The van der Waals surface area contributed by atoms with Crippen LogP contribution >= 0.6 is 0 Å². The smallest absolute Gasteiger partial charge is 0.253 e. The molecule has 2 aromatic carbocycles. The van der Waals surface area contributed by atoms with Crippen LogP contribution in [0.15, 0.2) is 53.4 Å². The van der Waals surface area contributed by atoms with Crippen molar-refractivity contribution >= 4 is 27.3 Å². The second-order valence-corrected chi connectivity index (χ2v) is 9.75. The van der Waals surface area contributed by atoms with Gasteiger partial charge in [0.15, 0.2) is 14.6 Å². The van der Waals surface area contributed by atoms with Gasteiger partial charge < -0.3 is 26.3 Å². The van der Waals surface area contributed by atoms with E-state index in [9.17, 15) is 18.0 Å². The van der Waals surface area contributed by atoms with E-state index < -0.39 is 20.5 Å². The Balaban J connectivity index is 1.53. The number of amides is 2. The van der Waals surface area contributed by atoms with E-state index in [4.69, 9.17) is 20.9 Å². The van der Waals surface area contributed by atoms with Crippen LogP contribution in [0.1, 0.15) is 29.6 Å². The molecular weight excluding hydrogens is 434 g/mol. The molecule has 0 spiro atoms. The molecule has 0 bridgehead atoms. The number of nitrogen functional groups attached to an aromatic ring is 1. The SMILES string of the molecule is NC(=O)C1(S(=O)(=O)c2ccc(OCCCNC(=O)c3ccccc3N)cc2)CCOCC1. The molecule has 3 rings (SSSR count). The number of nitrogens with two attached hydrogens (primary N) is 2. The van der Waals surface area contributed by atoms with Crippen LogP contribution in [0, 0.1) is 0 Å². The van der Waals surface area contributed by atoms with Gasteiger partial charge in [-0.2, -0.15) is 0 Å². The van der Waals surface area contributed by atoms with Crippen molar-refractivity contribution in [2.45, 2.75) is 28.9 Å². The van der Waals surface area contributed by atoms with E-state index in [1.165, 1.54) is 24.3 Å². The maximum atomic E-state index is 13.1. The highest BCUT2D eigenvalue weighted by Gasteiger charge is 2.51. The molecule has 1 saturated heterocycles. The van der Waals surface area contributed by atoms with Gasteiger partial charge in [0.05, 0.1) is 17.1 Å². The largest absolute Gasteiger partial charge is 0.494 e. The lowest BCUT2D eigenvalue weighted by molar-refractivity contribution is -0.122. The zero-order valence-corrected chi connectivity index (χ0v) is 18.4. The number of hydrogen-bond acceptors (Lipinski definition) is 7. The van der Waals surface area contributed by atoms with Crippen molar-refractivity contribution in [2.75, 3.05) is 32.1 Å². The summed E-state index contributed by atoms with van der Waals surface area (Å²) >= 11 is 0. The predicted octanol–water partition coefficient (Wildman–Crippen LogP) is 1.28. The van der Waals surface area contributed by atoms with Crippen molar-refractivity contribution in [3.63, 3.8) is 0 Å². The van der Waals surface area contributed by atoms with E-state index in [1.807, 2.05) is 0 Å². The van der Waals surface area contributed by atoms with Crippen molar-refractivity contribution in [1.29, 1.82) is 0 Å². The number of para-hydroxylation sites is 1. The van der Waals surface area contributed by atoms with E-state index in [0.29, 0.717) is 36.6 Å². The van der Waals surface area contributed by atoms with E-state index in [2.05, 4.69) is 5.32 Å². The van der Waals surface area contributed by atoms with Crippen molar-refractivity contribution < 1.29 is 27.5 Å². The molecular formula is C22H27N3O6S. The molecule has 0 radical (unpaired) electrons. The summed E-state index contributed by atoms with van der Waals surface area (Å²) in [7, 11) is -3.98. The quantitative estimate of drug-likeness (QED) is 0.376. The second-order valence-electron chi connectivity index (χ2n) is 7.49. The van der Waals surface area contributed by atoms with Crippen molar-refractivity contribution in [2.24, 2.45) is 5.73 Å². The monoisotopic (exact) mass is 461 g/mol. The predicted molar refractivity (Wildman–Crippen MR) is 119 cm³/mol. The number of ether oxygens (including phenoxy) is 2. The van der Waals surface area contributed by atoms with Gasteiger partial charge in [-0.25, -0.2) is 8.42 Å². The molecule has 0 aliphatic carbocycles. The molecule has 0 aromatic heterocycles. The van der Waals surface area contributed by atoms with E-state index in [0.717, 1.165) is 0 Å². The minimum absolute atomic E-state index is 0.0123. The van der Waals surface area contributed by atoms with Crippen LogP contribution in [-0.4, -0.2) is 51.3 Å². The van der Waals surface area contributed by atoms with Crippen LogP contribution in [0.2, 0.25) is 0 Å². The molecule has 0 unspecified atom stereocenters. The summed E-state index contributed by atoms with van der Waals surface area (Å²) in [5, 5.41) is 2.77. The maximum absolute atomic E-state index is 13.1. The van der Waals surface area contributed by atoms with Crippen LogP contribution < -0.4 is 21.5 Å². The minimum atomic E-state index is -3.98. The number of benzene rings is 2. The molecule has 0 saturated carbocycles. The highest BCUT2D eigenvalue weighted by molar-refractivity contribution is 7.93. The van der Waals surface area contributed by atoms with E-state index in [1.54, 1.807) is 24.3 Å². The number of anilines is 1. The number of sulfone groups is 1.